The number of rotatable bonds is 5. The molecule has 17 heavy (non-hydrogen) atoms. The van der Waals surface area contributed by atoms with Gasteiger partial charge in [0.15, 0.2) is 0 Å². The number of hydrogen-bond acceptors (Lipinski definition) is 2. The molecular formula is C12H16ClIN2O. The first-order valence-electron chi connectivity index (χ1n) is 5.47. The van der Waals surface area contributed by atoms with Crippen LogP contribution in [0.4, 0.5) is 0 Å². The van der Waals surface area contributed by atoms with Gasteiger partial charge in [0.05, 0.1) is 5.02 Å². The topological polar surface area (TPSA) is 41.1 Å². The highest BCUT2D eigenvalue weighted by molar-refractivity contribution is 14.1. The van der Waals surface area contributed by atoms with Crippen LogP contribution in [0.2, 0.25) is 5.02 Å². The molecule has 0 aliphatic carbocycles. The Kier molecular flexibility index (Phi) is 6.22. The molecule has 0 fully saturated rings. The molecule has 1 aromatic rings. The van der Waals surface area contributed by atoms with E-state index in [-0.39, 0.29) is 5.91 Å². The van der Waals surface area contributed by atoms with Gasteiger partial charge >= 0.3 is 0 Å². The van der Waals surface area contributed by atoms with E-state index in [9.17, 15) is 4.79 Å². The first kappa shape index (κ1) is 14.7. The highest BCUT2D eigenvalue weighted by atomic mass is 127. The molecule has 0 saturated heterocycles. The molecular weight excluding hydrogens is 351 g/mol. The third-order valence-corrected chi connectivity index (χ3v) is 3.72. The Morgan fingerprint density at radius 1 is 1.41 bits per heavy atom. The van der Waals surface area contributed by atoms with Crippen molar-refractivity contribution < 1.29 is 4.79 Å². The average Bonchev–Trinajstić information content (AvgIpc) is 2.27. The van der Waals surface area contributed by atoms with Gasteiger partial charge in [0.25, 0.3) is 5.91 Å². The Balaban J connectivity index is 2.44. The number of hydrogen-bond donors (Lipinski definition) is 2. The second-order valence-corrected chi connectivity index (χ2v) is 5.56. The van der Waals surface area contributed by atoms with Crippen LogP contribution in [0.5, 0.6) is 0 Å². The molecule has 0 spiro atoms. The summed E-state index contributed by atoms with van der Waals surface area (Å²) in [5, 5.41) is 6.68. The van der Waals surface area contributed by atoms with Gasteiger partial charge in [0, 0.05) is 28.3 Å². The molecule has 0 atom stereocenters. The maximum absolute atomic E-state index is 11.8. The number of carbonyl (C=O) groups excluding carboxylic acids is 1. The molecule has 1 aromatic carbocycles. The molecule has 0 bridgehead atoms. The molecule has 1 amide bonds. The molecule has 0 aliphatic rings. The fourth-order valence-corrected chi connectivity index (χ4v) is 1.79. The monoisotopic (exact) mass is 366 g/mol. The third-order valence-electron chi connectivity index (χ3n) is 2.14. The molecule has 0 saturated carbocycles. The van der Waals surface area contributed by atoms with Crippen LogP contribution >= 0.6 is 34.2 Å². The molecule has 0 aromatic heterocycles. The van der Waals surface area contributed by atoms with Gasteiger partial charge in [-0.05, 0) is 40.8 Å². The van der Waals surface area contributed by atoms with E-state index in [1.807, 2.05) is 6.07 Å². The molecule has 1 rings (SSSR count). The summed E-state index contributed by atoms with van der Waals surface area (Å²) in [7, 11) is 0. The fourth-order valence-electron chi connectivity index (χ4n) is 1.28. The third kappa shape index (κ3) is 5.23. The van der Waals surface area contributed by atoms with Crippen molar-refractivity contribution in [3.63, 3.8) is 0 Å². The summed E-state index contributed by atoms with van der Waals surface area (Å²) in [4.78, 5) is 11.8. The predicted octanol–water partition coefficient (Wildman–Crippen LogP) is 2.67. The minimum Gasteiger partial charge on any atom is -0.351 e. The Morgan fingerprint density at radius 2 is 2.12 bits per heavy atom. The van der Waals surface area contributed by atoms with Crippen LogP contribution in [0.25, 0.3) is 0 Å². The zero-order valence-corrected chi connectivity index (χ0v) is 12.8. The van der Waals surface area contributed by atoms with Crippen molar-refractivity contribution in [1.29, 1.82) is 0 Å². The molecule has 0 heterocycles. The lowest BCUT2D eigenvalue weighted by molar-refractivity contribution is 0.0953. The van der Waals surface area contributed by atoms with Crippen LogP contribution < -0.4 is 10.6 Å². The summed E-state index contributed by atoms with van der Waals surface area (Å²) in [6, 6.07) is 5.73. The van der Waals surface area contributed by atoms with Gasteiger partial charge in [-0.25, -0.2) is 0 Å². The second-order valence-electron chi connectivity index (χ2n) is 3.99. The highest BCUT2D eigenvalue weighted by Gasteiger charge is 2.06. The maximum atomic E-state index is 11.8. The van der Waals surface area contributed by atoms with Gasteiger partial charge in [-0.15, -0.1) is 0 Å². The van der Waals surface area contributed by atoms with Gasteiger partial charge in [0.1, 0.15) is 0 Å². The minimum absolute atomic E-state index is 0.0890. The standard InChI is InChI=1S/C12H16ClIN2O/c1-8(2)15-5-6-16-12(17)9-3-4-11(14)10(13)7-9/h3-4,7-8,15H,5-6H2,1-2H3,(H,16,17). The Morgan fingerprint density at radius 3 is 2.71 bits per heavy atom. The number of nitrogens with one attached hydrogen (secondary N) is 2. The summed E-state index contributed by atoms with van der Waals surface area (Å²) in [6.45, 7) is 5.52. The number of amides is 1. The molecule has 3 nitrogen and oxygen atoms in total. The van der Waals surface area contributed by atoms with Crippen molar-refractivity contribution in [2.24, 2.45) is 0 Å². The van der Waals surface area contributed by atoms with Crippen LogP contribution in [0, 0.1) is 3.57 Å². The van der Waals surface area contributed by atoms with Crippen LogP contribution in [0.1, 0.15) is 24.2 Å². The maximum Gasteiger partial charge on any atom is 0.251 e. The van der Waals surface area contributed by atoms with Crippen molar-refractivity contribution >= 4 is 40.1 Å². The van der Waals surface area contributed by atoms with Crippen molar-refractivity contribution in [3.8, 4) is 0 Å². The molecule has 5 heteroatoms. The normalized spacial score (nSPS) is 10.6. The largest absolute Gasteiger partial charge is 0.351 e. The van der Waals surface area contributed by atoms with E-state index < -0.39 is 0 Å². The zero-order valence-electron chi connectivity index (χ0n) is 9.89. The fraction of sp³-hybridized carbons (Fsp3) is 0.417. The van der Waals surface area contributed by atoms with Crippen molar-refractivity contribution in [3.05, 3.63) is 32.4 Å². The Hall–Kier alpha value is -0.330. The Labute approximate surface area is 120 Å². The van der Waals surface area contributed by atoms with Crippen LogP contribution in [0.15, 0.2) is 18.2 Å². The lowest BCUT2D eigenvalue weighted by Gasteiger charge is -2.09. The van der Waals surface area contributed by atoms with Gasteiger partial charge in [-0.2, -0.15) is 0 Å². The van der Waals surface area contributed by atoms with Crippen LogP contribution in [-0.4, -0.2) is 25.0 Å². The van der Waals surface area contributed by atoms with E-state index in [1.165, 1.54) is 0 Å². The van der Waals surface area contributed by atoms with Crippen molar-refractivity contribution in [1.82, 2.24) is 10.6 Å². The van der Waals surface area contributed by atoms with Gasteiger partial charge in [-0.3, -0.25) is 4.79 Å². The summed E-state index contributed by atoms with van der Waals surface area (Å²) in [5.41, 5.74) is 0.597. The number of carbonyl (C=O) groups is 1. The molecule has 0 radical (unpaired) electrons. The van der Waals surface area contributed by atoms with E-state index in [1.54, 1.807) is 12.1 Å². The second kappa shape index (κ2) is 7.18. The smallest absolute Gasteiger partial charge is 0.251 e. The molecule has 2 N–H and O–H groups in total. The minimum atomic E-state index is -0.0890. The zero-order chi connectivity index (χ0) is 12.8. The first-order chi connectivity index (χ1) is 8.00. The summed E-state index contributed by atoms with van der Waals surface area (Å²) < 4.78 is 0.947. The Bertz CT molecular complexity index is 396. The molecule has 94 valence electrons. The molecule has 0 unspecified atom stereocenters. The van der Waals surface area contributed by atoms with Gasteiger partial charge in [0.2, 0.25) is 0 Å². The van der Waals surface area contributed by atoms with Crippen LogP contribution in [0.3, 0.4) is 0 Å². The molecule has 0 aliphatic heterocycles. The van der Waals surface area contributed by atoms with E-state index in [2.05, 4.69) is 47.1 Å². The number of benzene rings is 1. The van der Waals surface area contributed by atoms with Crippen LogP contribution in [-0.2, 0) is 0 Å². The highest BCUT2D eigenvalue weighted by Crippen LogP contribution is 2.19. The summed E-state index contributed by atoms with van der Waals surface area (Å²) >= 11 is 8.09. The van der Waals surface area contributed by atoms with Crippen molar-refractivity contribution in [2.45, 2.75) is 19.9 Å². The lowest BCUT2D eigenvalue weighted by atomic mass is 10.2. The van der Waals surface area contributed by atoms with E-state index in [0.717, 1.165) is 10.1 Å². The quantitative estimate of drug-likeness (QED) is 0.621. The van der Waals surface area contributed by atoms with Crippen molar-refractivity contribution in [2.75, 3.05) is 13.1 Å². The van der Waals surface area contributed by atoms with Gasteiger partial charge in [-0.1, -0.05) is 25.4 Å². The predicted molar refractivity (Wildman–Crippen MR) is 79.6 cm³/mol. The SMILES string of the molecule is CC(C)NCCNC(=O)c1ccc(I)c(Cl)c1. The van der Waals surface area contributed by atoms with E-state index in [4.69, 9.17) is 11.6 Å². The number of halogens is 2. The average molecular weight is 367 g/mol. The van der Waals surface area contributed by atoms with E-state index >= 15 is 0 Å². The lowest BCUT2D eigenvalue weighted by Crippen LogP contribution is -2.34. The summed E-state index contributed by atoms with van der Waals surface area (Å²) in [6.07, 6.45) is 0. The first-order valence-corrected chi connectivity index (χ1v) is 6.93. The van der Waals surface area contributed by atoms with Gasteiger partial charge < -0.3 is 10.6 Å². The van der Waals surface area contributed by atoms with E-state index in [0.29, 0.717) is 23.2 Å². The summed E-state index contributed by atoms with van der Waals surface area (Å²) in [5.74, 6) is -0.0890.